The van der Waals surface area contributed by atoms with Gasteiger partial charge in [0, 0.05) is 19.2 Å². The molecule has 6 heteroatoms. The summed E-state index contributed by atoms with van der Waals surface area (Å²) in [6.45, 7) is 0.508. The minimum atomic E-state index is -0.0580. The lowest BCUT2D eigenvalue weighted by atomic mass is 9.94. The van der Waals surface area contributed by atoms with Gasteiger partial charge in [0.25, 0.3) is 5.91 Å². The van der Waals surface area contributed by atoms with E-state index in [1.807, 2.05) is 40.8 Å². The number of aromatic nitrogens is 3. The summed E-state index contributed by atoms with van der Waals surface area (Å²) in [7, 11) is 1.87. The van der Waals surface area contributed by atoms with Crippen LogP contribution >= 0.6 is 0 Å². The van der Waals surface area contributed by atoms with E-state index in [0.29, 0.717) is 24.0 Å². The summed E-state index contributed by atoms with van der Waals surface area (Å²) in [5.41, 5.74) is 2.36. The highest BCUT2D eigenvalue weighted by Gasteiger charge is 2.25. The van der Waals surface area contributed by atoms with Gasteiger partial charge in [0.2, 0.25) is 0 Å². The second-order valence-corrected chi connectivity index (χ2v) is 6.75. The molecule has 0 N–H and O–H groups in total. The van der Waals surface area contributed by atoms with Crippen molar-refractivity contribution in [3.63, 3.8) is 0 Å². The van der Waals surface area contributed by atoms with Crippen molar-refractivity contribution in [1.82, 2.24) is 19.6 Å². The molecule has 1 fully saturated rings. The maximum atomic E-state index is 12.7. The second kappa shape index (κ2) is 6.70. The minimum absolute atomic E-state index is 0.0580. The van der Waals surface area contributed by atoms with Crippen LogP contribution in [0.1, 0.15) is 48.4 Å². The van der Waals surface area contributed by atoms with Crippen molar-refractivity contribution in [2.45, 2.75) is 44.7 Å². The molecule has 0 saturated heterocycles. The molecule has 25 heavy (non-hydrogen) atoms. The molecule has 4 rings (SSSR count). The fraction of sp³-hybridized carbons (Fsp3) is 0.421. The van der Waals surface area contributed by atoms with Gasteiger partial charge in [-0.2, -0.15) is 0 Å². The lowest BCUT2D eigenvalue weighted by Gasteiger charge is -2.30. The number of hydrogen-bond acceptors (Lipinski definition) is 4. The first-order valence-electron chi connectivity index (χ1n) is 8.85. The number of benzene rings is 1. The summed E-state index contributed by atoms with van der Waals surface area (Å²) in [5, 5.41) is 3.99. The van der Waals surface area contributed by atoms with Crippen LogP contribution in [0.2, 0.25) is 0 Å². The quantitative estimate of drug-likeness (QED) is 0.730. The molecule has 1 saturated carbocycles. The molecule has 0 atom stereocenters. The summed E-state index contributed by atoms with van der Waals surface area (Å²) >= 11 is 0. The lowest BCUT2D eigenvalue weighted by molar-refractivity contribution is 0.0685. The molecule has 2 heterocycles. The molecule has 1 aliphatic rings. The molecule has 0 bridgehead atoms. The van der Waals surface area contributed by atoms with E-state index in [0.717, 1.165) is 23.9 Å². The Bertz CT molecular complexity index is 876. The van der Waals surface area contributed by atoms with Crippen LogP contribution in [0.15, 0.2) is 41.2 Å². The van der Waals surface area contributed by atoms with Crippen LogP contribution in [-0.2, 0) is 6.54 Å². The summed E-state index contributed by atoms with van der Waals surface area (Å²) in [4.78, 5) is 18.9. The number of carbonyl (C=O) groups is 1. The molecule has 1 aliphatic carbocycles. The third-order valence-corrected chi connectivity index (χ3v) is 5.07. The standard InChI is InChI=1S/C19H22N4O2/c1-22(14-7-3-2-4-8-14)19(24)17-11-15(25-21-17)12-23-13-20-16-9-5-6-10-18(16)23/h5-6,9-11,13-14H,2-4,7-8,12H2,1H3. The van der Waals surface area contributed by atoms with Crippen molar-refractivity contribution in [3.05, 3.63) is 48.1 Å². The number of para-hydroxylation sites is 2. The Labute approximate surface area is 146 Å². The van der Waals surface area contributed by atoms with Crippen molar-refractivity contribution >= 4 is 16.9 Å². The highest BCUT2D eigenvalue weighted by atomic mass is 16.5. The highest BCUT2D eigenvalue weighted by molar-refractivity contribution is 5.92. The minimum Gasteiger partial charge on any atom is -0.359 e. The molecular formula is C19H22N4O2. The Morgan fingerprint density at radius 2 is 2.08 bits per heavy atom. The van der Waals surface area contributed by atoms with Crippen LogP contribution in [0.5, 0.6) is 0 Å². The number of hydrogen-bond donors (Lipinski definition) is 0. The van der Waals surface area contributed by atoms with E-state index < -0.39 is 0 Å². The van der Waals surface area contributed by atoms with Gasteiger partial charge in [0.15, 0.2) is 11.5 Å². The van der Waals surface area contributed by atoms with Gasteiger partial charge < -0.3 is 14.0 Å². The Morgan fingerprint density at radius 1 is 1.28 bits per heavy atom. The van der Waals surface area contributed by atoms with Crippen molar-refractivity contribution in [1.29, 1.82) is 0 Å². The predicted octanol–water partition coefficient (Wildman–Crippen LogP) is 3.48. The van der Waals surface area contributed by atoms with Gasteiger partial charge >= 0.3 is 0 Å². The zero-order valence-electron chi connectivity index (χ0n) is 14.4. The molecule has 0 radical (unpaired) electrons. The van der Waals surface area contributed by atoms with Crippen molar-refractivity contribution in [2.24, 2.45) is 0 Å². The first kappa shape index (κ1) is 15.9. The molecule has 1 aromatic carbocycles. The first-order chi connectivity index (χ1) is 12.2. The molecule has 1 amide bonds. The smallest absolute Gasteiger partial charge is 0.276 e. The summed E-state index contributed by atoms with van der Waals surface area (Å²) in [6.07, 6.45) is 7.59. The fourth-order valence-electron chi connectivity index (χ4n) is 3.61. The Balaban J connectivity index is 1.49. The summed E-state index contributed by atoms with van der Waals surface area (Å²) < 4.78 is 7.39. The Morgan fingerprint density at radius 3 is 2.92 bits per heavy atom. The Kier molecular flexibility index (Phi) is 4.26. The molecule has 0 aliphatic heterocycles. The second-order valence-electron chi connectivity index (χ2n) is 6.75. The van der Waals surface area contributed by atoms with E-state index in [1.165, 1.54) is 19.3 Å². The largest absolute Gasteiger partial charge is 0.359 e. The third-order valence-electron chi connectivity index (χ3n) is 5.07. The van der Waals surface area contributed by atoms with E-state index in [9.17, 15) is 4.79 Å². The number of carbonyl (C=O) groups excluding carboxylic acids is 1. The van der Waals surface area contributed by atoms with Crippen molar-refractivity contribution in [2.75, 3.05) is 7.05 Å². The topological polar surface area (TPSA) is 64.2 Å². The van der Waals surface area contributed by atoms with E-state index in [1.54, 1.807) is 12.4 Å². The maximum absolute atomic E-state index is 12.7. The van der Waals surface area contributed by atoms with Crippen LogP contribution in [0.3, 0.4) is 0 Å². The fourth-order valence-corrected chi connectivity index (χ4v) is 3.61. The molecule has 2 aromatic heterocycles. The van der Waals surface area contributed by atoms with E-state index in [-0.39, 0.29) is 5.91 Å². The van der Waals surface area contributed by atoms with Crippen LogP contribution < -0.4 is 0 Å². The Hall–Kier alpha value is -2.63. The molecule has 0 spiro atoms. The number of imidazole rings is 1. The van der Waals surface area contributed by atoms with E-state index in [2.05, 4.69) is 10.1 Å². The van der Waals surface area contributed by atoms with Gasteiger partial charge in [-0.3, -0.25) is 4.79 Å². The normalized spacial score (nSPS) is 15.6. The zero-order chi connectivity index (χ0) is 17.2. The summed E-state index contributed by atoms with van der Waals surface area (Å²) in [5.74, 6) is 0.598. The average Bonchev–Trinajstić information content (AvgIpc) is 3.29. The number of rotatable bonds is 4. The summed E-state index contributed by atoms with van der Waals surface area (Å²) in [6, 6.07) is 10.00. The molecule has 3 aromatic rings. The van der Waals surface area contributed by atoms with Crippen LogP contribution in [0, 0.1) is 0 Å². The average molecular weight is 338 g/mol. The van der Waals surface area contributed by atoms with Gasteiger partial charge in [-0.15, -0.1) is 0 Å². The van der Waals surface area contributed by atoms with E-state index >= 15 is 0 Å². The van der Waals surface area contributed by atoms with Gasteiger partial charge in [-0.05, 0) is 25.0 Å². The van der Waals surface area contributed by atoms with Gasteiger partial charge in [-0.25, -0.2) is 4.98 Å². The zero-order valence-corrected chi connectivity index (χ0v) is 14.4. The monoisotopic (exact) mass is 338 g/mol. The number of fused-ring (bicyclic) bond motifs is 1. The molecule has 0 unspecified atom stereocenters. The van der Waals surface area contributed by atoms with Gasteiger partial charge in [0.1, 0.15) is 0 Å². The van der Waals surface area contributed by atoms with Crippen LogP contribution in [0.25, 0.3) is 11.0 Å². The van der Waals surface area contributed by atoms with Gasteiger partial charge in [0.05, 0.1) is 23.9 Å². The highest BCUT2D eigenvalue weighted by Crippen LogP contribution is 2.23. The maximum Gasteiger partial charge on any atom is 0.276 e. The first-order valence-corrected chi connectivity index (χ1v) is 8.85. The predicted molar refractivity (Wildman–Crippen MR) is 94.3 cm³/mol. The van der Waals surface area contributed by atoms with Crippen LogP contribution in [-0.4, -0.2) is 38.6 Å². The van der Waals surface area contributed by atoms with Crippen molar-refractivity contribution < 1.29 is 9.32 Å². The number of nitrogens with zero attached hydrogens (tertiary/aromatic N) is 4. The molecular weight excluding hydrogens is 316 g/mol. The van der Waals surface area contributed by atoms with Gasteiger partial charge in [-0.1, -0.05) is 36.6 Å². The third kappa shape index (κ3) is 3.16. The van der Waals surface area contributed by atoms with E-state index in [4.69, 9.17) is 4.52 Å². The lowest BCUT2D eigenvalue weighted by Crippen LogP contribution is -2.38. The van der Waals surface area contributed by atoms with Crippen LogP contribution in [0.4, 0.5) is 0 Å². The molecule has 130 valence electrons. The number of amides is 1. The molecule has 6 nitrogen and oxygen atoms in total. The van der Waals surface area contributed by atoms with Crippen molar-refractivity contribution in [3.8, 4) is 0 Å². The SMILES string of the molecule is CN(C(=O)c1cc(Cn2cnc3ccccc32)on1)C1CCCCC1.